The van der Waals surface area contributed by atoms with Crippen molar-refractivity contribution in [3.05, 3.63) is 0 Å². The number of hydrogen-bond donors (Lipinski definition) is 2. The molecule has 0 rings (SSSR count). The predicted molar refractivity (Wildman–Crippen MR) is 81.9 cm³/mol. The summed E-state index contributed by atoms with van der Waals surface area (Å²) < 4.78 is 10.3. The van der Waals surface area contributed by atoms with Crippen molar-refractivity contribution >= 4 is 5.91 Å². The third-order valence-electron chi connectivity index (χ3n) is 3.01. The van der Waals surface area contributed by atoms with Gasteiger partial charge >= 0.3 is 0 Å². The molecule has 0 aliphatic rings. The van der Waals surface area contributed by atoms with E-state index < -0.39 is 0 Å². The zero-order valence-corrected chi connectivity index (χ0v) is 13.5. The van der Waals surface area contributed by atoms with Crippen LogP contribution in [-0.2, 0) is 14.3 Å². The minimum Gasteiger partial charge on any atom is -0.382 e. The molecule has 5 heteroatoms. The van der Waals surface area contributed by atoms with E-state index in [1.54, 1.807) is 7.11 Å². The quantitative estimate of drug-likeness (QED) is 0.505. The van der Waals surface area contributed by atoms with Crippen molar-refractivity contribution in [2.45, 2.75) is 46.1 Å². The van der Waals surface area contributed by atoms with Gasteiger partial charge in [-0.3, -0.25) is 4.79 Å². The summed E-state index contributed by atoms with van der Waals surface area (Å²) in [6.07, 6.45) is 3.03. The van der Waals surface area contributed by atoms with Crippen LogP contribution in [0.3, 0.4) is 0 Å². The lowest BCUT2D eigenvalue weighted by molar-refractivity contribution is -0.122. The van der Waals surface area contributed by atoms with E-state index in [1.807, 2.05) is 6.92 Å². The summed E-state index contributed by atoms with van der Waals surface area (Å²) in [5.41, 5.74) is 0. The minimum atomic E-state index is -0.128. The highest BCUT2D eigenvalue weighted by molar-refractivity contribution is 5.81. The smallest absolute Gasteiger partial charge is 0.236 e. The molecule has 0 aliphatic carbocycles. The summed E-state index contributed by atoms with van der Waals surface area (Å²) in [5, 5.41) is 6.18. The molecule has 0 aliphatic heterocycles. The highest BCUT2D eigenvalue weighted by atomic mass is 16.5. The van der Waals surface area contributed by atoms with Gasteiger partial charge < -0.3 is 20.1 Å². The summed E-state index contributed by atoms with van der Waals surface area (Å²) in [4.78, 5) is 11.8. The molecule has 20 heavy (non-hydrogen) atoms. The Bertz CT molecular complexity index is 235. The van der Waals surface area contributed by atoms with Crippen LogP contribution in [-0.4, -0.2) is 52.0 Å². The Balaban J connectivity index is 3.38. The zero-order valence-electron chi connectivity index (χ0n) is 13.5. The Morgan fingerprint density at radius 1 is 1.05 bits per heavy atom. The van der Waals surface area contributed by atoms with E-state index >= 15 is 0 Å². The Labute approximate surface area is 123 Å². The molecule has 0 aromatic heterocycles. The van der Waals surface area contributed by atoms with Gasteiger partial charge in [0.15, 0.2) is 0 Å². The van der Waals surface area contributed by atoms with Crippen molar-refractivity contribution in [1.29, 1.82) is 0 Å². The average molecular weight is 288 g/mol. The molecule has 0 aromatic carbocycles. The highest BCUT2D eigenvalue weighted by Gasteiger charge is 2.10. The second-order valence-electron chi connectivity index (χ2n) is 5.46. The molecule has 0 radical (unpaired) electrons. The van der Waals surface area contributed by atoms with Crippen molar-refractivity contribution in [3.8, 4) is 0 Å². The fraction of sp³-hybridized carbons (Fsp3) is 0.933. The van der Waals surface area contributed by atoms with Crippen molar-refractivity contribution in [2.75, 3.05) is 40.0 Å². The lowest BCUT2D eigenvalue weighted by atomic mass is 10.1. The Hall–Kier alpha value is -0.650. The summed E-state index contributed by atoms with van der Waals surface area (Å²) in [5.74, 6) is 0.707. The van der Waals surface area contributed by atoms with E-state index in [2.05, 4.69) is 24.5 Å². The molecular formula is C15H32N2O3. The predicted octanol–water partition coefficient (Wildman–Crippen LogP) is 1.57. The van der Waals surface area contributed by atoms with Gasteiger partial charge in [0.25, 0.3) is 0 Å². The molecule has 5 nitrogen and oxygen atoms in total. The molecular weight excluding hydrogens is 256 g/mol. The number of methoxy groups -OCH3 is 1. The van der Waals surface area contributed by atoms with E-state index in [9.17, 15) is 4.79 Å². The number of amides is 1. The fourth-order valence-corrected chi connectivity index (χ4v) is 1.62. The van der Waals surface area contributed by atoms with Crippen molar-refractivity contribution in [1.82, 2.24) is 10.6 Å². The molecule has 0 heterocycles. The normalized spacial score (nSPS) is 12.7. The van der Waals surface area contributed by atoms with E-state index in [0.717, 1.165) is 39.0 Å². The second-order valence-corrected chi connectivity index (χ2v) is 5.46. The number of unbranched alkanes of at least 4 members (excludes halogenated alkanes) is 1. The Morgan fingerprint density at radius 2 is 1.80 bits per heavy atom. The Kier molecular flexibility index (Phi) is 12.9. The lowest BCUT2D eigenvalue weighted by Crippen LogP contribution is -2.43. The lowest BCUT2D eigenvalue weighted by Gasteiger charge is -2.14. The SMILES string of the molecule is COCCOCCCCNC(C)C(=O)NCCC(C)C. The largest absolute Gasteiger partial charge is 0.382 e. The second kappa shape index (κ2) is 13.3. The maximum atomic E-state index is 11.8. The van der Waals surface area contributed by atoms with Crippen LogP contribution in [0.25, 0.3) is 0 Å². The van der Waals surface area contributed by atoms with Gasteiger partial charge in [-0.25, -0.2) is 0 Å². The third kappa shape index (κ3) is 12.4. The third-order valence-corrected chi connectivity index (χ3v) is 3.01. The maximum Gasteiger partial charge on any atom is 0.236 e. The number of ether oxygens (including phenoxy) is 2. The number of carbonyl (C=O) groups excluding carboxylic acids is 1. The molecule has 2 N–H and O–H groups in total. The van der Waals surface area contributed by atoms with Crippen LogP contribution in [0.1, 0.15) is 40.0 Å². The van der Waals surface area contributed by atoms with Gasteiger partial charge in [-0.05, 0) is 38.6 Å². The van der Waals surface area contributed by atoms with Crippen molar-refractivity contribution < 1.29 is 14.3 Å². The van der Waals surface area contributed by atoms with Crippen LogP contribution in [0.2, 0.25) is 0 Å². The van der Waals surface area contributed by atoms with Gasteiger partial charge in [0.1, 0.15) is 0 Å². The number of rotatable bonds is 13. The molecule has 0 aromatic rings. The van der Waals surface area contributed by atoms with Crippen LogP contribution in [0.15, 0.2) is 0 Å². The monoisotopic (exact) mass is 288 g/mol. The Morgan fingerprint density at radius 3 is 2.45 bits per heavy atom. The number of hydrogen-bond acceptors (Lipinski definition) is 4. The van der Waals surface area contributed by atoms with Crippen LogP contribution in [0.5, 0.6) is 0 Å². The van der Waals surface area contributed by atoms with Gasteiger partial charge in [0.2, 0.25) is 5.91 Å². The average Bonchev–Trinajstić information content (AvgIpc) is 2.41. The minimum absolute atomic E-state index is 0.0852. The molecule has 1 amide bonds. The zero-order chi connectivity index (χ0) is 15.2. The molecule has 120 valence electrons. The van der Waals surface area contributed by atoms with Gasteiger partial charge in [-0.1, -0.05) is 13.8 Å². The number of nitrogens with one attached hydrogen (secondary N) is 2. The van der Waals surface area contributed by atoms with Crippen LogP contribution >= 0.6 is 0 Å². The highest BCUT2D eigenvalue weighted by Crippen LogP contribution is 1.96. The first-order valence-electron chi connectivity index (χ1n) is 7.65. The van der Waals surface area contributed by atoms with E-state index in [1.165, 1.54) is 0 Å². The molecule has 0 fully saturated rings. The van der Waals surface area contributed by atoms with Crippen LogP contribution in [0, 0.1) is 5.92 Å². The van der Waals surface area contributed by atoms with E-state index in [-0.39, 0.29) is 11.9 Å². The summed E-state index contributed by atoms with van der Waals surface area (Å²) in [6, 6.07) is -0.128. The van der Waals surface area contributed by atoms with E-state index in [0.29, 0.717) is 19.1 Å². The fourth-order valence-electron chi connectivity index (χ4n) is 1.62. The first-order chi connectivity index (χ1) is 9.57. The molecule has 1 atom stereocenters. The van der Waals surface area contributed by atoms with Gasteiger partial charge in [-0.15, -0.1) is 0 Å². The van der Waals surface area contributed by atoms with Crippen molar-refractivity contribution in [3.63, 3.8) is 0 Å². The van der Waals surface area contributed by atoms with Gasteiger partial charge in [0, 0.05) is 20.3 Å². The van der Waals surface area contributed by atoms with Crippen molar-refractivity contribution in [2.24, 2.45) is 5.92 Å². The molecule has 0 saturated heterocycles. The first kappa shape index (κ1) is 19.4. The molecule has 0 spiro atoms. The summed E-state index contributed by atoms with van der Waals surface area (Å²) in [6.45, 7) is 9.86. The van der Waals surface area contributed by atoms with Gasteiger partial charge in [0.05, 0.1) is 19.3 Å². The first-order valence-corrected chi connectivity index (χ1v) is 7.65. The number of carbonyl (C=O) groups is 1. The molecule has 0 saturated carbocycles. The standard InChI is InChI=1S/C15H32N2O3/c1-13(2)7-9-17-15(18)14(3)16-8-5-6-10-20-12-11-19-4/h13-14,16H,5-12H2,1-4H3,(H,17,18). The molecule has 1 unspecified atom stereocenters. The van der Waals surface area contributed by atoms with Crippen LogP contribution < -0.4 is 10.6 Å². The maximum absolute atomic E-state index is 11.8. The van der Waals surface area contributed by atoms with Crippen LogP contribution in [0.4, 0.5) is 0 Å². The summed E-state index contributed by atoms with van der Waals surface area (Å²) in [7, 11) is 1.67. The summed E-state index contributed by atoms with van der Waals surface area (Å²) >= 11 is 0. The van der Waals surface area contributed by atoms with Gasteiger partial charge in [-0.2, -0.15) is 0 Å². The van der Waals surface area contributed by atoms with E-state index in [4.69, 9.17) is 9.47 Å². The topological polar surface area (TPSA) is 59.6 Å². The molecule has 0 bridgehead atoms.